The van der Waals surface area contributed by atoms with Crippen molar-refractivity contribution in [1.29, 1.82) is 0 Å². The molecule has 1 aliphatic rings. The van der Waals surface area contributed by atoms with E-state index in [0.29, 0.717) is 0 Å². The van der Waals surface area contributed by atoms with E-state index in [4.69, 9.17) is 2.74 Å². The maximum Gasteiger partial charge on any atom is 0.306 e. The highest BCUT2D eigenvalue weighted by Gasteiger charge is 2.50. The first kappa shape index (κ1) is 11.4. The molecule has 0 amide bonds. The second-order valence-corrected chi connectivity index (χ2v) is 3.85. The number of aliphatic hydroxyl groups excluding tert-OH is 5. The molecular weight excluding hydrogens is 232 g/mol. The van der Waals surface area contributed by atoms with Crippen LogP contribution in [0.4, 0.5) is 0 Å². The van der Waals surface area contributed by atoms with Crippen LogP contribution in [0.2, 0.25) is 0 Å². The second kappa shape index (κ2) is 5.74. The SMILES string of the molecule is [2H]C([2H])(CC)C(=O)OC1[C@@H](O)[C@H](O)C(O)[C@H](O)[C@H]1O. The van der Waals surface area contributed by atoms with E-state index in [9.17, 15) is 30.3 Å². The van der Waals surface area contributed by atoms with Crippen LogP contribution in [0.1, 0.15) is 22.5 Å². The Balaban J connectivity index is 2.84. The summed E-state index contributed by atoms with van der Waals surface area (Å²) in [5.74, 6) is -1.33. The summed E-state index contributed by atoms with van der Waals surface area (Å²) in [7, 11) is 0. The Morgan fingerprint density at radius 1 is 1.06 bits per heavy atom. The molecule has 1 fully saturated rings. The average Bonchev–Trinajstić information content (AvgIpc) is 2.38. The third kappa shape index (κ3) is 2.93. The number of carbonyl (C=O) groups is 1. The van der Waals surface area contributed by atoms with Crippen LogP contribution >= 0.6 is 0 Å². The van der Waals surface area contributed by atoms with Gasteiger partial charge in [0.15, 0.2) is 6.10 Å². The van der Waals surface area contributed by atoms with Gasteiger partial charge in [0.2, 0.25) is 0 Å². The van der Waals surface area contributed by atoms with E-state index >= 15 is 0 Å². The van der Waals surface area contributed by atoms with Crippen LogP contribution in [-0.2, 0) is 9.53 Å². The van der Waals surface area contributed by atoms with E-state index in [2.05, 4.69) is 4.74 Å². The first-order chi connectivity index (χ1) is 8.63. The summed E-state index contributed by atoms with van der Waals surface area (Å²) in [6, 6.07) is 0. The lowest BCUT2D eigenvalue weighted by molar-refractivity contribution is -0.233. The zero-order valence-electron chi connectivity index (χ0n) is 11.2. The topological polar surface area (TPSA) is 127 Å². The van der Waals surface area contributed by atoms with Crippen molar-refractivity contribution in [3.63, 3.8) is 0 Å². The summed E-state index contributed by atoms with van der Waals surface area (Å²) in [5.41, 5.74) is 0. The molecule has 0 radical (unpaired) electrons. The number of esters is 1. The average molecular weight is 252 g/mol. The van der Waals surface area contributed by atoms with Gasteiger partial charge >= 0.3 is 5.97 Å². The lowest BCUT2D eigenvalue weighted by Crippen LogP contribution is -2.64. The van der Waals surface area contributed by atoms with Crippen LogP contribution in [0.15, 0.2) is 0 Å². The van der Waals surface area contributed by atoms with E-state index < -0.39 is 49.0 Å². The van der Waals surface area contributed by atoms with Gasteiger partial charge in [-0.15, -0.1) is 0 Å². The fourth-order valence-corrected chi connectivity index (χ4v) is 1.65. The molecule has 0 aromatic rings. The Labute approximate surface area is 101 Å². The van der Waals surface area contributed by atoms with Crippen molar-refractivity contribution in [2.75, 3.05) is 0 Å². The second-order valence-electron chi connectivity index (χ2n) is 3.85. The minimum absolute atomic E-state index is 0.182. The molecule has 5 N–H and O–H groups in total. The van der Waals surface area contributed by atoms with Crippen LogP contribution in [0, 0.1) is 0 Å². The van der Waals surface area contributed by atoms with Crippen molar-refractivity contribution >= 4 is 5.97 Å². The van der Waals surface area contributed by atoms with Gasteiger partial charge in [-0.2, -0.15) is 0 Å². The lowest BCUT2D eigenvalue weighted by atomic mass is 9.85. The Morgan fingerprint density at radius 2 is 1.47 bits per heavy atom. The minimum Gasteiger partial charge on any atom is -0.457 e. The van der Waals surface area contributed by atoms with Crippen LogP contribution in [0.3, 0.4) is 0 Å². The third-order valence-electron chi connectivity index (χ3n) is 2.64. The molecule has 0 saturated heterocycles. The Hall–Kier alpha value is -0.730. The Bertz CT molecular complexity index is 322. The van der Waals surface area contributed by atoms with Crippen molar-refractivity contribution in [3.05, 3.63) is 0 Å². The highest BCUT2D eigenvalue weighted by Crippen LogP contribution is 2.24. The van der Waals surface area contributed by atoms with Gasteiger partial charge in [0.05, 0.1) is 0 Å². The molecule has 0 heterocycles. The molecule has 7 nitrogen and oxygen atoms in total. The molecule has 7 heteroatoms. The van der Waals surface area contributed by atoms with Crippen molar-refractivity contribution < 1.29 is 37.8 Å². The summed E-state index contributed by atoms with van der Waals surface area (Å²) in [6.45, 7) is 1.41. The molecule has 0 aliphatic heterocycles. The molecule has 100 valence electrons. The van der Waals surface area contributed by atoms with Crippen LogP contribution in [0.25, 0.3) is 0 Å². The molecule has 1 saturated carbocycles. The van der Waals surface area contributed by atoms with E-state index in [1.54, 1.807) is 0 Å². The van der Waals surface area contributed by atoms with Crippen LogP contribution < -0.4 is 0 Å². The summed E-state index contributed by atoms with van der Waals surface area (Å²) in [6.07, 6.45) is -13.3. The summed E-state index contributed by atoms with van der Waals surface area (Å²) < 4.78 is 19.3. The molecule has 6 atom stereocenters. The maximum atomic E-state index is 11.5. The highest BCUT2D eigenvalue weighted by molar-refractivity contribution is 5.69. The lowest BCUT2D eigenvalue weighted by Gasteiger charge is -2.41. The van der Waals surface area contributed by atoms with Gasteiger partial charge in [-0.05, 0) is 6.42 Å². The summed E-state index contributed by atoms with van der Waals surface area (Å²) in [5, 5.41) is 47.4. The number of aliphatic hydroxyl groups is 5. The van der Waals surface area contributed by atoms with Gasteiger partial charge in [-0.25, -0.2) is 0 Å². The van der Waals surface area contributed by atoms with Crippen LogP contribution in [-0.4, -0.2) is 68.1 Å². The molecule has 1 aliphatic carbocycles. The largest absolute Gasteiger partial charge is 0.457 e. The number of ether oxygens (including phenoxy) is 1. The normalized spacial score (nSPS) is 44.8. The van der Waals surface area contributed by atoms with Crippen molar-refractivity contribution in [2.24, 2.45) is 0 Å². The molecule has 0 aromatic carbocycles. The van der Waals surface area contributed by atoms with Gasteiger partial charge in [-0.1, -0.05) is 6.92 Å². The zero-order chi connectivity index (χ0) is 15.0. The fourth-order valence-electron chi connectivity index (χ4n) is 1.65. The van der Waals surface area contributed by atoms with Gasteiger partial charge in [0.1, 0.15) is 30.5 Å². The zero-order valence-corrected chi connectivity index (χ0v) is 9.22. The van der Waals surface area contributed by atoms with E-state index in [0.717, 1.165) is 0 Å². The van der Waals surface area contributed by atoms with Gasteiger partial charge < -0.3 is 30.3 Å². The monoisotopic (exact) mass is 252 g/mol. The van der Waals surface area contributed by atoms with E-state index in [-0.39, 0.29) is 6.42 Å². The van der Waals surface area contributed by atoms with Crippen molar-refractivity contribution in [3.8, 4) is 0 Å². The Morgan fingerprint density at radius 3 is 1.88 bits per heavy atom. The first-order valence-electron chi connectivity index (χ1n) is 6.25. The van der Waals surface area contributed by atoms with Crippen molar-refractivity contribution in [1.82, 2.24) is 0 Å². The number of rotatable bonds is 3. The summed E-state index contributed by atoms with van der Waals surface area (Å²) >= 11 is 0. The predicted octanol–water partition coefficient (Wildman–Crippen LogP) is -2.48. The standard InChI is InChI=1S/C10H18O7/c1-2-3-4(11)17-10-8(15)6(13)5(12)7(14)9(10)16/h5-10,12-16H,2-3H2,1H3/t5?,6-,7+,8+,9-,10?/i3D2. The number of hydrogen-bond acceptors (Lipinski definition) is 7. The van der Waals surface area contributed by atoms with Gasteiger partial charge in [0, 0.05) is 9.11 Å². The molecule has 2 unspecified atom stereocenters. The molecule has 0 bridgehead atoms. The van der Waals surface area contributed by atoms with E-state index in [1.807, 2.05) is 0 Å². The third-order valence-corrected chi connectivity index (χ3v) is 2.64. The van der Waals surface area contributed by atoms with Gasteiger partial charge in [0.25, 0.3) is 0 Å². The highest BCUT2D eigenvalue weighted by atomic mass is 16.6. The van der Waals surface area contributed by atoms with E-state index in [1.165, 1.54) is 6.92 Å². The minimum atomic E-state index is -2.31. The quantitative estimate of drug-likeness (QED) is 0.352. The number of carbonyl (C=O) groups excluding carboxylic acids is 1. The first-order valence-corrected chi connectivity index (χ1v) is 5.25. The number of hydrogen-bond donors (Lipinski definition) is 5. The molecule has 1 rings (SSSR count). The molecule has 0 aromatic heterocycles. The maximum absolute atomic E-state index is 11.5. The smallest absolute Gasteiger partial charge is 0.306 e. The van der Waals surface area contributed by atoms with Crippen molar-refractivity contribution in [2.45, 2.75) is 56.3 Å². The molecule has 17 heavy (non-hydrogen) atoms. The Kier molecular flexibility index (Phi) is 3.84. The molecule has 0 spiro atoms. The van der Waals surface area contributed by atoms with Crippen LogP contribution in [0.5, 0.6) is 0 Å². The molecular formula is C10H18O7. The van der Waals surface area contributed by atoms with Gasteiger partial charge in [-0.3, -0.25) is 4.79 Å². The fraction of sp³-hybridized carbons (Fsp3) is 0.900. The summed E-state index contributed by atoms with van der Waals surface area (Å²) in [4.78, 5) is 11.5. The predicted molar refractivity (Wildman–Crippen MR) is 54.8 cm³/mol.